The normalized spacial score (nSPS) is 15.1. The van der Waals surface area contributed by atoms with Crippen LogP contribution >= 0.6 is 0 Å². The van der Waals surface area contributed by atoms with Gasteiger partial charge in [-0.1, -0.05) is 13.8 Å². The predicted octanol–water partition coefficient (Wildman–Crippen LogP) is -0.0171. The van der Waals surface area contributed by atoms with Gasteiger partial charge >= 0.3 is 17.9 Å². The van der Waals surface area contributed by atoms with Crippen LogP contribution in [-0.4, -0.2) is 58.4 Å². The highest BCUT2D eigenvalue weighted by molar-refractivity contribution is 5.74. The molecule has 0 aromatic heterocycles. The molecule has 0 saturated carbocycles. The maximum atomic E-state index is 11.1. The first-order valence-corrected chi connectivity index (χ1v) is 6.94. The third-order valence-electron chi connectivity index (χ3n) is 3.22. The van der Waals surface area contributed by atoms with Gasteiger partial charge in [-0.15, -0.1) is 0 Å². The molecule has 5 N–H and O–H groups in total. The van der Waals surface area contributed by atoms with Gasteiger partial charge < -0.3 is 26.0 Å². The molecule has 0 unspecified atom stereocenters. The number of aliphatic carboxylic acids is 3. The molecule has 0 spiro atoms. The lowest BCUT2D eigenvalue weighted by Crippen LogP contribution is -2.43. The molecule has 3 atom stereocenters. The first-order valence-electron chi connectivity index (χ1n) is 6.94. The van der Waals surface area contributed by atoms with E-state index >= 15 is 0 Å². The van der Waals surface area contributed by atoms with Crippen LogP contribution in [0.15, 0.2) is 0 Å². The highest BCUT2D eigenvalue weighted by Gasteiger charge is 2.19. The molecular formula is C13H24N2O6. The van der Waals surface area contributed by atoms with Crippen molar-refractivity contribution in [3.05, 3.63) is 0 Å². The van der Waals surface area contributed by atoms with Crippen LogP contribution in [0.2, 0.25) is 0 Å². The van der Waals surface area contributed by atoms with E-state index in [1.54, 1.807) is 13.8 Å². The first-order chi connectivity index (χ1) is 9.79. The fraction of sp³-hybridized carbons (Fsp3) is 0.769. The van der Waals surface area contributed by atoms with E-state index in [9.17, 15) is 14.4 Å². The topological polar surface area (TPSA) is 136 Å². The molecule has 21 heavy (non-hydrogen) atoms. The predicted molar refractivity (Wildman–Crippen MR) is 75.2 cm³/mol. The van der Waals surface area contributed by atoms with Gasteiger partial charge in [-0.25, -0.2) is 0 Å². The Labute approximate surface area is 123 Å². The van der Waals surface area contributed by atoms with Crippen molar-refractivity contribution in [1.82, 2.24) is 10.6 Å². The Morgan fingerprint density at radius 2 is 1.33 bits per heavy atom. The van der Waals surface area contributed by atoms with Crippen molar-refractivity contribution >= 4 is 17.9 Å². The second-order valence-corrected chi connectivity index (χ2v) is 4.91. The van der Waals surface area contributed by atoms with Crippen molar-refractivity contribution in [1.29, 1.82) is 0 Å². The number of hydrogen-bond donors (Lipinski definition) is 5. The SMILES string of the molecule is CC[C@H](NCC[C@H](NCC[C@H](C)C(=O)O)C(=O)O)C(=O)O. The lowest BCUT2D eigenvalue weighted by molar-refractivity contribution is -0.141. The zero-order chi connectivity index (χ0) is 16.4. The number of carboxylic acid groups (broad SMARTS) is 3. The summed E-state index contributed by atoms with van der Waals surface area (Å²) in [5.41, 5.74) is 0. The third kappa shape index (κ3) is 8.26. The standard InChI is InChI=1S/C13H24N2O6/c1-3-9(12(18)19)14-7-5-10(13(20)21)15-6-4-8(2)11(16)17/h8-10,14-15H,3-7H2,1-2H3,(H,16,17)(H,18,19)(H,20,21)/t8-,9-,10-/m0/s1. The summed E-state index contributed by atoms with van der Waals surface area (Å²) in [7, 11) is 0. The molecule has 0 rings (SSSR count). The third-order valence-corrected chi connectivity index (χ3v) is 3.22. The van der Waals surface area contributed by atoms with Gasteiger partial charge in [0.1, 0.15) is 12.1 Å². The molecule has 0 bridgehead atoms. The minimum atomic E-state index is -1.04. The zero-order valence-electron chi connectivity index (χ0n) is 12.3. The molecule has 8 nitrogen and oxygen atoms in total. The summed E-state index contributed by atoms with van der Waals surface area (Å²) < 4.78 is 0. The van der Waals surface area contributed by atoms with Crippen LogP contribution in [0, 0.1) is 5.92 Å². The Morgan fingerprint density at radius 1 is 0.857 bits per heavy atom. The van der Waals surface area contributed by atoms with E-state index in [0.29, 0.717) is 12.8 Å². The summed E-state index contributed by atoms with van der Waals surface area (Å²) in [5.74, 6) is -3.46. The number of rotatable bonds is 12. The average Bonchev–Trinajstić information content (AvgIpc) is 2.40. The number of carbonyl (C=O) groups is 3. The van der Waals surface area contributed by atoms with Gasteiger partial charge in [0.15, 0.2) is 0 Å². The molecule has 0 aliphatic rings. The van der Waals surface area contributed by atoms with Gasteiger partial charge in [0.2, 0.25) is 0 Å². The molecule has 0 fully saturated rings. The molecule has 122 valence electrons. The summed E-state index contributed by atoms with van der Waals surface area (Å²) in [6.07, 6.45) is 0.969. The van der Waals surface area contributed by atoms with Crippen molar-refractivity contribution in [2.75, 3.05) is 13.1 Å². The summed E-state index contributed by atoms with van der Waals surface area (Å²) in [4.78, 5) is 32.5. The Balaban J connectivity index is 4.11. The second kappa shape index (κ2) is 10.1. The molecule has 0 aliphatic carbocycles. The maximum absolute atomic E-state index is 11.1. The van der Waals surface area contributed by atoms with Crippen molar-refractivity contribution in [3.8, 4) is 0 Å². The van der Waals surface area contributed by atoms with Gasteiger partial charge in [0.05, 0.1) is 5.92 Å². The zero-order valence-corrected chi connectivity index (χ0v) is 12.3. The van der Waals surface area contributed by atoms with Crippen molar-refractivity contribution in [2.45, 2.75) is 45.2 Å². The van der Waals surface area contributed by atoms with E-state index in [-0.39, 0.29) is 19.5 Å². The van der Waals surface area contributed by atoms with Crippen LogP contribution in [-0.2, 0) is 14.4 Å². The second-order valence-electron chi connectivity index (χ2n) is 4.91. The summed E-state index contributed by atoms with van der Waals surface area (Å²) in [6.45, 7) is 3.82. The van der Waals surface area contributed by atoms with Gasteiger partial charge in [0.25, 0.3) is 0 Å². The van der Waals surface area contributed by atoms with E-state index in [2.05, 4.69) is 10.6 Å². The highest BCUT2D eigenvalue weighted by atomic mass is 16.4. The Kier molecular flexibility index (Phi) is 9.31. The number of carboxylic acids is 3. The molecule has 0 aliphatic heterocycles. The number of hydrogen-bond acceptors (Lipinski definition) is 5. The summed E-state index contributed by atoms with van der Waals surface area (Å²) in [5, 5.41) is 32.2. The molecule has 0 aromatic rings. The largest absolute Gasteiger partial charge is 0.481 e. The van der Waals surface area contributed by atoms with Crippen LogP contribution in [0.5, 0.6) is 0 Å². The molecule has 0 saturated heterocycles. The van der Waals surface area contributed by atoms with E-state index in [1.165, 1.54) is 0 Å². The number of nitrogens with one attached hydrogen (secondary N) is 2. The Bertz CT molecular complexity index is 361. The minimum Gasteiger partial charge on any atom is -0.481 e. The monoisotopic (exact) mass is 304 g/mol. The van der Waals surface area contributed by atoms with Crippen LogP contribution in [0.1, 0.15) is 33.1 Å². The molecule has 0 heterocycles. The smallest absolute Gasteiger partial charge is 0.320 e. The lowest BCUT2D eigenvalue weighted by atomic mass is 10.1. The summed E-state index contributed by atoms with van der Waals surface area (Å²) >= 11 is 0. The molecule has 0 aromatic carbocycles. The molecule has 0 amide bonds. The van der Waals surface area contributed by atoms with Gasteiger partial charge in [0, 0.05) is 0 Å². The van der Waals surface area contributed by atoms with Gasteiger partial charge in [-0.3, -0.25) is 14.4 Å². The van der Waals surface area contributed by atoms with Crippen molar-refractivity contribution in [3.63, 3.8) is 0 Å². The first kappa shape index (κ1) is 19.3. The fourth-order valence-electron chi connectivity index (χ4n) is 1.72. The Morgan fingerprint density at radius 3 is 1.76 bits per heavy atom. The van der Waals surface area contributed by atoms with E-state index in [1.807, 2.05) is 0 Å². The van der Waals surface area contributed by atoms with E-state index in [4.69, 9.17) is 15.3 Å². The summed E-state index contributed by atoms with van der Waals surface area (Å²) in [6, 6.07) is -1.52. The quantitative estimate of drug-likeness (QED) is 0.339. The van der Waals surface area contributed by atoms with Crippen LogP contribution < -0.4 is 10.6 Å². The molecule has 8 heteroatoms. The molecular weight excluding hydrogens is 280 g/mol. The van der Waals surface area contributed by atoms with E-state index in [0.717, 1.165) is 0 Å². The molecule has 0 radical (unpaired) electrons. The van der Waals surface area contributed by atoms with Crippen LogP contribution in [0.25, 0.3) is 0 Å². The van der Waals surface area contributed by atoms with Crippen molar-refractivity contribution in [2.24, 2.45) is 5.92 Å². The van der Waals surface area contributed by atoms with Crippen LogP contribution in [0.4, 0.5) is 0 Å². The average molecular weight is 304 g/mol. The van der Waals surface area contributed by atoms with Gasteiger partial charge in [-0.2, -0.15) is 0 Å². The van der Waals surface area contributed by atoms with Gasteiger partial charge in [-0.05, 0) is 32.4 Å². The van der Waals surface area contributed by atoms with Crippen LogP contribution in [0.3, 0.4) is 0 Å². The Hall–Kier alpha value is -1.67. The lowest BCUT2D eigenvalue weighted by Gasteiger charge is -2.17. The minimum absolute atomic E-state index is 0.223. The van der Waals surface area contributed by atoms with Crippen molar-refractivity contribution < 1.29 is 29.7 Å². The highest BCUT2D eigenvalue weighted by Crippen LogP contribution is 2.01. The maximum Gasteiger partial charge on any atom is 0.320 e. The van der Waals surface area contributed by atoms with E-state index < -0.39 is 35.9 Å². The fourth-order valence-corrected chi connectivity index (χ4v) is 1.72.